The Bertz CT molecular complexity index is 3390. The van der Waals surface area contributed by atoms with Crippen molar-refractivity contribution in [3.05, 3.63) is 181 Å². The van der Waals surface area contributed by atoms with Crippen LogP contribution < -0.4 is 15.1 Å². The minimum Gasteiger partial charge on any atom is 2.00 e. The van der Waals surface area contributed by atoms with Crippen LogP contribution in [0.25, 0.3) is 84.1 Å². The molecule has 0 amide bonds. The molecule has 0 atom stereocenters. The molecule has 10 rings (SSSR count). The van der Waals surface area contributed by atoms with E-state index in [0.29, 0.717) is 11.5 Å². The molecule has 0 aliphatic heterocycles. The van der Waals surface area contributed by atoms with Crippen LogP contribution in [0.2, 0.25) is 39.3 Å². The van der Waals surface area contributed by atoms with Crippen molar-refractivity contribution < 1.29 is 25.8 Å². The molecule has 328 valence electrons. The van der Waals surface area contributed by atoms with Gasteiger partial charge in [0.25, 0.3) is 0 Å². The van der Waals surface area contributed by atoms with Crippen LogP contribution in [-0.2, 0) is 21.1 Å². The topological polar surface area (TPSA) is 35.0 Å². The first-order valence-corrected chi connectivity index (χ1v) is 32.6. The van der Waals surface area contributed by atoms with Crippen molar-refractivity contribution >= 4 is 74.8 Å². The van der Waals surface area contributed by atoms with Gasteiger partial charge in [-0.05, 0) is 0 Å². The maximum atomic E-state index is 6.98. The number of hydrogen-bond acceptors (Lipinski definition) is 3. The molecule has 0 unspecified atom stereocenters. The standard InChI is InChI=1S/C58H50N2OSe2Si2.Pt/c1-37-29-42(21-24-53(37)65(6,7)8)52-36-43-25-27-59-54(57(43)62-52)46-30-44(39-15-11-9-12-16-39)32-48(34-46)61-49-33-45(40-17-13-10-14-18-40)31-47(35-49)55-58-51(26-28-60-55)38(2)56(63-58)41-19-22-50(23-20-41)64(3,4)5;/h9-33,36H,1-8H3;/q-2;+2. The van der Waals surface area contributed by atoms with Gasteiger partial charge >= 0.3 is 421 Å². The molecule has 0 saturated heterocycles. The molecule has 0 aliphatic rings. The van der Waals surface area contributed by atoms with Gasteiger partial charge in [-0.2, -0.15) is 0 Å². The van der Waals surface area contributed by atoms with Crippen LogP contribution in [0.15, 0.2) is 158 Å². The molecule has 0 saturated carbocycles. The Balaban J connectivity index is 0.00000548. The number of nitrogens with zero attached hydrogens (tertiary/aromatic N) is 2. The average molecular weight is 1200 g/mol. The van der Waals surface area contributed by atoms with Crippen LogP contribution >= 0.6 is 0 Å². The number of aromatic nitrogens is 2. The smallest absolute Gasteiger partial charge is 2.00 e. The van der Waals surface area contributed by atoms with Crippen LogP contribution in [0, 0.1) is 26.0 Å². The van der Waals surface area contributed by atoms with Crippen molar-refractivity contribution in [1.82, 2.24) is 9.97 Å². The molecule has 4 aromatic heterocycles. The van der Waals surface area contributed by atoms with Gasteiger partial charge in [0.1, 0.15) is 0 Å². The van der Waals surface area contributed by atoms with Crippen LogP contribution in [-0.4, -0.2) is 55.1 Å². The Morgan fingerprint density at radius 3 is 1.62 bits per heavy atom. The van der Waals surface area contributed by atoms with Gasteiger partial charge in [0.15, 0.2) is 0 Å². The van der Waals surface area contributed by atoms with Gasteiger partial charge < -0.3 is 0 Å². The summed E-state index contributed by atoms with van der Waals surface area (Å²) in [4.78, 5) is 10.2. The van der Waals surface area contributed by atoms with Gasteiger partial charge in [-0.15, -0.1) is 0 Å². The van der Waals surface area contributed by atoms with Crippen molar-refractivity contribution in [2.45, 2.75) is 53.1 Å². The molecule has 6 aromatic carbocycles. The SMILES string of the molecule is Cc1cc(-c2cc3ccnc(-c4[c-]c(Oc5[c-]c(-c6nccc7c(C)c(-c8ccc([Si](C)(C)C)cc8)[se]c67)cc(-c6ccccc6)c5)cc(-c5ccccc5)c4)c3[se]2)ccc1[Si](C)(C)C.[Pt+2]. The number of aryl methyl sites for hydroxylation is 2. The second-order valence-corrected chi connectivity index (χ2v) is 33.5. The number of ether oxygens (including phenoxy) is 1. The molecule has 0 radical (unpaired) electrons. The zero-order chi connectivity index (χ0) is 45.0. The molecule has 0 bridgehead atoms. The summed E-state index contributed by atoms with van der Waals surface area (Å²) >= 11 is 0.120. The molecule has 0 fully saturated rings. The van der Waals surface area contributed by atoms with Crippen molar-refractivity contribution in [3.63, 3.8) is 0 Å². The summed E-state index contributed by atoms with van der Waals surface area (Å²) in [5.41, 5.74) is 13.4. The van der Waals surface area contributed by atoms with Gasteiger partial charge in [-0.1, -0.05) is 0 Å². The molecule has 0 aliphatic carbocycles. The third-order valence-corrected chi connectivity index (χ3v) is 21.9. The number of fused-ring (bicyclic) bond motifs is 2. The largest absolute Gasteiger partial charge is 2.00 e. The molecular weight excluding hydrogens is 1150 g/mol. The minimum atomic E-state index is -1.44. The first kappa shape index (κ1) is 46.2. The quantitative estimate of drug-likeness (QED) is 0.101. The molecule has 10 aromatic rings. The van der Waals surface area contributed by atoms with Gasteiger partial charge in [-0.25, -0.2) is 0 Å². The third kappa shape index (κ3) is 9.33. The van der Waals surface area contributed by atoms with E-state index in [-0.39, 0.29) is 50.1 Å². The van der Waals surface area contributed by atoms with Crippen molar-refractivity contribution in [3.8, 4) is 76.3 Å². The normalized spacial score (nSPS) is 11.8. The van der Waals surface area contributed by atoms with Crippen molar-refractivity contribution in [2.24, 2.45) is 0 Å². The maximum absolute atomic E-state index is 6.98. The molecule has 4 heterocycles. The van der Waals surface area contributed by atoms with Crippen molar-refractivity contribution in [2.75, 3.05) is 0 Å². The first-order chi connectivity index (χ1) is 31.3. The van der Waals surface area contributed by atoms with Crippen LogP contribution in [0.1, 0.15) is 11.1 Å². The summed E-state index contributed by atoms with van der Waals surface area (Å²) < 4.78 is 12.3. The van der Waals surface area contributed by atoms with E-state index >= 15 is 0 Å². The second-order valence-electron chi connectivity index (χ2n) is 19.0. The fraction of sp³-hybridized carbons (Fsp3) is 0.138. The predicted octanol–water partition coefficient (Wildman–Crippen LogP) is 14.0. The number of rotatable bonds is 10. The molecule has 0 spiro atoms. The Kier molecular flexibility index (Phi) is 13.0. The second kappa shape index (κ2) is 18.6. The van der Waals surface area contributed by atoms with Crippen LogP contribution in [0.3, 0.4) is 0 Å². The van der Waals surface area contributed by atoms with Gasteiger partial charge in [0, 0.05) is 0 Å². The summed E-state index contributed by atoms with van der Waals surface area (Å²) in [5.74, 6) is 1.23. The Morgan fingerprint density at radius 1 is 0.500 bits per heavy atom. The average Bonchev–Trinajstić information content (AvgIpc) is 3.90. The molecular formula is C58H50N2OPtSe2Si2. The van der Waals surface area contributed by atoms with Crippen LogP contribution in [0.5, 0.6) is 11.5 Å². The van der Waals surface area contributed by atoms with E-state index in [0.717, 1.165) is 44.8 Å². The number of pyridine rings is 2. The first-order valence-electron chi connectivity index (χ1n) is 22.2. The molecule has 8 heteroatoms. The Hall–Kier alpha value is -4.94. The summed E-state index contributed by atoms with van der Waals surface area (Å²) in [6.07, 6.45) is 3.89. The van der Waals surface area contributed by atoms with Gasteiger partial charge in [-0.3, -0.25) is 0 Å². The fourth-order valence-corrected chi connectivity index (χ4v) is 17.0. The summed E-state index contributed by atoms with van der Waals surface area (Å²) in [5, 5.41) is 5.51. The van der Waals surface area contributed by atoms with E-state index in [1.54, 1.807) is 0 Å². The van der Waals surface area contributed by atoms with E-state index in [2.05, 4.69) is 211 Å². The molecule has 0 N–H and O–H groups in total. The van der Waals surface area contributed by atoms with E-state index < -0.39 is 16.1 Å². The van der Waals surface area contributed by atoms with Gasteiger partial charge in [0.2, 0.25) is 0 Å². The predicted molar refractivity (Wildman–Crippen MR) is 283 cm³/mol. The Morgan fingerprint density at radius 2 is 1.06 bits per heavy atom. The maximum Gasteiger partial charge on any atom is 2.00 e. The zero-order valence-corrected chi connectivity index (χ0v) is 46.1. The van der Waals surface area contributed by atoms with Crippen molar-refractivity contribution in [1.29, 1.82) is 0 Å². The van der Waals surface area contributed by atoms with E-state index in [1.165, 1.54) is 60.8 Å². The third-order valence-electron chi connectivity index (χ3n) is 12.3. The fourth-order valence-electron chi connectivity index (χ4n) is 8.86. The van der Waals surface area contributed by atoms with Crippen LogP contribution in [0.4, 0.5) is 0 Å². The van der Waals surface area contributed by atoms with E-state index in [9.17, 15) is 0 Å². The van der Waals surface area contributed by atoms with Gasteiger partial charge in [0.05, 0.1) is 0 Å². The molecule has 3 nitrogen and oxygen atoms in total. The number of hydrogen-bond donors (Lipinski definition) is 0. The van der Waals surface area contributed by atoms with E-state index in [1.807, 2.05) is 12.4 Å². The Labute approximate surface area is 417 Å². The summed E-state index contributed by atoms with van der Waals surface area (Å²) in [6, 6.07) is 60.3. The van der Waals surface area contributed by atoms with E-state index in [4.69, 9.17) is 14.7 Å². The summed E-state index contributed by atoms with van der Waals surface area (Å²) in [6.45, 7) is 19.0. The molecule has 66 heavy (non-hydrogen) atoms. The monoisotopic (exact) mass is 1200 g/mol. The zero-order valence-electron chi connectivity index (χ0n) is 38.4. The minimum absolute atomic E-state index is 0. The summed E-state index contributed by atoms with van der Waals surface area (Å²) in [7, 11) is -2.85. The number of benzene rings is 6.